The molecule has 0 aliphatic heterocycles. The summed E-state index contributed by atoms with van der Waals surface area (Å²) in [7, 11) is 0. The number of fused-ring (bicyclic) bond motifs is 3. The maximum atomic E-state index is 4.45. The quantitative estimate of drug-likeness (QED) is 0.401. The fraction of sp³-hybridized carbons (Fsp3) is 0.100. The van der Waals surface area contributed by atoms with Crippen LogP contribution in [0.4, 0.5) is 0 Å². The lowest BCUT2D eigenvalue weighted by atomic mass is 10.1. The van der Waals surface area contributed by atoms with Gasteiger partial charge in [0.2, 0.25) is 5.52 Å². The van der Waals surface area contributed by atoms with Crippen molar-refractivity contribution in [1.82, 2.24) is 4.98 Å². The molecule has 0 radical (unpaired) electrons. The van der Waals surface area contributed by atoms with E-state index < -0.39 is 0 Å². The van der Waals surface area contributed by atoms with Crippen molar-refractivity contribution in [1.29, 1.82) is 0 Å². The van der Waals surface area contributed by atoms with Crippen molar-refractivity contribution >= 4 is 21.8 Å². The molecule has 4 aromatic rings. The average molecular weight is 285 g/mol. The van der Waals surface area contributed by atoms with E-state index in [0.29, 0.717) is 0 Å². The van der Waals surface area contributed by atoms with Gasteiger partial charge in [-0.25, -0.2) is 0 Å². The monoisotopic (exact) mass is 285 g/mol. The Morgan fingerprint density at radius 2 is 1.82 bits per heavy atom. The lowest BCUT2D eigenvalue weighted by Gasteiger charge is -2.05. The number of hydrogen-bond donors (Lipinski definition) is 0. The van der Waals surface area contributed by atoms with Crippen molar-refractivity contribution in [3.63, 3.8) is 0 Å². The largest absolute Gasteiger partial charge is 0.256 e. The SMILES string of the molecule is Cc1cccc(C[n+]2cccc3c4cccnc4ccc32)c1. The molecule has 0 bridgehead atoms. The molecule has 0 fully saturated rings. The summed E-state index contributed by atoms with van der Waals surface area (Å²) in [4.78, 5) is 4.45. The van der Waals surface area contributed by atoms with Crippen LogP contribution >= 0.6 is 0 Å². The summed E-state index contributed by atoms with van der Waals surface area (Å²) < 4.78 is 2.30. The molecule has 2 aromatic heterocycles. The van der Waals surface area contributed by atoms with Gasteiger partial charge < -0.3 is 0 Å². The van der Waals surface area contributed by atoms with E-state index in [1.165, 1.54) is 27.4 Å². The zero-order chi connectivity index (χ0) is 14.9. The van der Waals surface area contributed by atoms with Gasteiger partial charge in [-0.15, -0.1) is 0 Å². The predicted octanol–water partition coefficient (Wildman–Crippen LogP) is 4.03. The van der Waals surface area contributed by atoms with Gasteiger partial charge in [0.05, 0.1) is 10.9 Å². The molecule has 22 heavy (non-hydrogen) atoms. The van der Waals surface area contributed by atoms with Crippen LogP contribution in [0.5, 0.6) is 0 Å². The van der Waals surface area contributed by atoms with Gasteiger partial charge in [-0.3, -0.25) is 4.98 Å². The van der Waals surface area contributed by atoms with E-state index in [4.69, 9.17) is 0 Å². The third-order valence-corrected chi connectivity index (χ3v) is 4.08. The highest BCUT2D eigenvalue weighted by atomic mass is 14.9. The fourth-order valence-electron chi connectivity index (χ4n) is 3.06. The summed E-state index contributed by atoms with van der Waals surface area (Å²) in [6, 6.07) is 21.4. The van der Waals surface area contributed by atoms with Crippen LogP contribution in [0.2, 0.25) is 0 Å². The first-order valence-corrected chi connectivity index (χ1v) is 7.53. The molecule has 4 rings (SSSR count). The standard InChI is InChI=1S/C20H17N2/c1-15-5-2-6-16(13-15)14-22-12-4-8-18-17-7-3-11-21-19(17)9-10-20(18)22/h2-13H,14H2,1H3/q+1. The van der Waals surface area contributed by atoms with E-state index in [2.05, 4.69) is 77.3 Å². The van der Waals surface area contributed by atoms with Crippen molar-refractivity contribution < 1.29 is 4.57 Å². The molecule has 0 saturated heterocycles. The zero-order valence-electron chi connectivity index (χ0n) is 12.5. The number of hydrogen-bond acceptors (Lipinski definition) is 1. The Bertz CT molecular complexity index is 973. The van der Waals surface area contributed by atoms with Crippen molar-refractivity contribution in [2.24, 2.45) is 0 Å². The van der Waals surface area contributed by atoms with Crippen molar-refractivity contribution in [3.8, 4) is 0 Å². The van der Waals surface area contributed by atoms with Gasteiger partial charge in [-0.05, 0) is 31.2 Å². The first kappa shape index (κ1) is 13.0. The maximum absolute atomic E-state index is 4.45. The minimum Gasteiger partial charge on any atom is -0.256 e. The Hall–Kier alpha value is -2.74. The first-order valence-electron chi connectivity index (χ1n) is 7.53. The number of rotatable bonds is 2. The van der Waals surface area contributed by atoms with E-state index >= 15 is 0 Å². The van der Waals surface area contributed by atoms with Crippen LogP contribution in [0.3, 0.4) is 0 Å². The maximum Gasteiger partial charge on any atom is 0.213 e. The molecule has 0 aliphatic rings. The van der Waals surface area contributed by atoms with Crippen LogP contribution in [0, 0.1) is 6.92 Å². The second-order valence-electron chi connectivity index (χ2n) is 5.69. The predicted molar refractivity (Wildman–Crippen MR) is 89.7 cm³/mol. The van der Waals surface area contributed by atoms with Gasteiger partial charge in [-0.2, -0.15) is 4.57 Å². The second kappa shape index (κ2) is 5.23. The molecule has 2 heteroatoms. The van der Waals surface area contributed by atoms with Gasteiger partial charge in [0, 0.05) is 29.3 Å². The highest BCUT2D eigenvalue weighted by Gasteiger charge is 2.11. The summed E-state index contributed by atoms with van der Waals surface area (Å²) in [5, 5.41) is 2.46. The van der Waals surface area contributed by atoms with Gasteiger partial charge in [0.25, 0.3) is 0 Å². The second-order valence-corrected chi connectivity index (χ2v) is 5.69. The average Bonchev–Trinajstić information content (AvgIpc) is 2.55. The Kier molecular flexibility index (Phi) is 3.08. The molecule has 2 nitrogen and oxygen atoms in total. The van der Waals surface area contributed by atoms with E-state index in [-0.39, 0.29) is 0 Å². The lowest BCUT2D eigenvalue weighted by molar-refractivity contribution is -0.662. The van der Waals surface area contributed by atoms with Gasteiger partial charge in [-0.1, -0.05) is 29.8 Å². The Labute approximate surface area is 129 Å². The highest BCUT2D eigenvalue weighted by Crippen LogP contribution is 2.21. The normalized spacial score (nSPS) is 11.1. The van der Waals surface area contributed by atoms with E-state index in [1.54, 1.807) is 0 Å². The molecule has 0 spiro atoms. The number of aromatic nitrogens is 2. The Morgan fingerprint density at radius 1 is 0.909 bits per heavy atom. The summed E-state index contributed by atoms with van der Waals surface area (Å²) in [6.07, 6.45) is 3.99. The lowest BCUT2D eigenvalue weighted by Crippen LogP contribution is -2.34. The molecule has 0 atom stereocenters. The number of aryl methyl sites for hydroxylation is 1. The number of pyridine rings is 2. The minimum atomic E-state index is 0.880. The third-order valence-electron chi connectivity index (χ3n) is 4.08. The third kappa shape index (κ3) is 2.23. The van der Waals surface area contributed by atoms with Crippen LogP contribution in [0.1, 0.15) is 11.1 Å². The van der Waals surface area contributed by atoms with Crippen molar-refractivity contribution in [3.05, 3.63) is 84.2 Å². The van der Waals surface area contributed by atoms with Gasteiger partial charge >= 0.3 is 0 Å². The van der Waals surface area contributed by atoms with Crippen LogP contribution < -0.4 is 4.57 Å². The van der Waals surface area contributed by atoms with E-state index in [1.807, 2.05) is 12.3 Å². The van der Waals surface area contributed by atoms with Crippen molar-refractivity contribution in [2.45, 2.75) is 13.5 Å². The molecule has 106 valence electrons. The molecule has 0 amide bonds. The molecule has 0 unspecified atom stereocenters. The zero-order valence-corrected chi connectivity index (χ0v) is 12.5. The van der Waals surface area contributed by atoms with Crippen LogP contribution in [0.25, 0.3) is 21.8 Å². The summed E-state index contributed by atoms with van der Waals surface area (Å²) in [5.41, 5.74) is 4.91. The topological polar surface area (TPSA) is 16.8 Å². The van der Waals surface area contributed by atoms with Gasteiger partial charge in [0.15, 0.2) is 12.7 Å². The van der Waals surface area contributed by atoms with Crippen LogP contribution in [-0.2, 0) is 6.54 Å². The smallest absolute Gasteiger partial charge is 0.213 e. The molecule has 0 saturated carbocycles. The molecule has 0 aliphatic carbocycles. The summed E-state index contributed by atoms with van der Waals surface area (Å²) in [5.74, 6) is 0. The van der Waals surface area contributed by atoms with Crippen LogP contribution in [-0.4, -0.2) is 4.98 Å². The van der Waals surface area contributed by atoms with Gasteiger partial charge in [0.1, 0.15) is 0 Å². The molecule has 2 aromatic carbocycles. The summed E-state index contributed by atoms with van der Waals surface area (Å²) in [6.45, 7) is 3.02. The molecule has 2 heterocycles. The van der Waals surface area contributed by atoms with E-state index in [0.717, 1.165) is 12.1 Å². The number of nitrogens with zero attached hydrogens (tertiary/aromatic N) is 2. The first-order chi connectivity index (χ1) is 10.8. The number of benzene rings is 2. The molecular weight excluding hydrogens is 268 g/mol. The highest BCUT2D eigenvalue weighted by molar-refractivity contribution is 6.03. The van der Waals surface area contributed by atoms with E-state index in [9.17, 15) is 0 Å². The van der Waals surface area contributed by atoms with Crippen molar-refractivity contribution in [2.75, 3.05) is 0 Å². The molecular formula is C20H17N2+. The minimum absolute atomic E-state index is 0.880. The summed E-state index contributed by atoms with van der Waals surface area (Å²) >= 11 is 0. The fourth-order valence-corrected chi connectivity index (χ4v) is 3.06. The Balaban J connectivity index is 1.90. The molecule has 0 N–H and O–H groups in total. The van der Waals surface area contributed by atoms with Crippen LogP contribution in [0.15, 0.2) is 73.1 Å². The Morgan fingerprint density at radius 3 is 2.73 bits per heavy atom.